The summed E-state index contributed by atoms with van der Waals surface area (Å²) in [6, 6.07) is 10.3. The second kappa shape index (κ2) is 5.75. The Labute approximate surface area is 128 Å². The zero-order valence-electron chi connectivity index (χ0n) is 12.0. The smallest absolute Gasteiger partial charge is 0.453 e. The van der Waals surface area contributed by atoms with Gasteiger partial charge in [-0.15, -0.1) is 15.3 Å². The molecule has 0 spiro atoms. The largest absolute Gasteiger partial charge is 0.496 e. The van der Waals surface area contributed by atoms with Crippen molar-refractivity contribution >= 4 is 11.5 Å². The van der Waals surface area contributed by atoms with Crippen LogP contribution in [0.4, 0.5) is 19.0 Å². The number of benzene rings is 1. The van der Waals surface area contributed by atoms with Gasteiger partial charge in [0.2, 0.25) is 0 Å². The number of hydrogen-bond donors (Lipinski definition) is 1. The predicted molar refractivity (Wildman–Crippen MR) is 76.1 cm³/mol. The van der Waals surface area contributed by atoms with E-state index in [1.165, 1.54) is 6.07 Å². The summed E-state index contributed by atoms with van der Waals surface area (Å²) in [7, 11) is 1.55. The Morgan fingerprint density at radius 2 is 1.91 bits per heavy atom. The number of rotatable bonds is 4. The highest BCUT2D eigenvalue weighted by molar-refractivity contribution is 5.45. The Morgan fingerprint density at radius 3 is 2.65 bits per heavy atom. The molecular weight excluding hydrogens is 311 g/mol. The fraction of sp³-hybridized carbons (Fsp3) is 0.214. The highest BCUT2D eigenvalue weighted by atomic mass is 19.4. The summed E-state index contributed by atoms with van der Waals surface area (Å²) in [6.45, 7) is 0.353. The molecule has 3 rings (SSSR count). The van der Waals surface area contributed by atoms with Crippen molar-refractivity contribution in [1.29, 1.82) is 0 Å². The lowest BCUT2D eigenvalue weighted by Gasteiger charge is -2.10. The summed E-state index contributed by atoms with van der Waals surface area (Å²) in [6.07, 6.45) is -4.62. The van der Waals surface area contributed by atoms with E-state index in [0.29, 0.717) is 16.8 Å². The van der Waals surface area contributed by atoms with Crippen molar-refractivity contribution in [2.45, 2.75) is 12.7 Å². The molecule has 0 saturated carbocycles. The molecule has 1 aromatic carbocycles. The highest BCUT2D eigenvalue weighted by Gasteiger charge is 2.37. The lowest BCUT2D eigenvalue weighted by atomic mass is 10.2. The van der Waals surface area contributed by atoms with Crippen LogP contribution in [0.15, 0.2) is 36.4 Å². The predicted octanol–water partition coefficient (Wildman–Crippen LogP) is 2.76. The summed E-state index contributed by atoms with van der Waals surface area (Å²) in [5.74, 6) is -0.205. The molecule has 0 saturated heterocycles. The second-order valence-corrected chi connectivity index (χ2v) is 4.68. The minimum Gasteiger partial charge on any atom is -0.496 e. The van der Waals surface area contributed by atoms with Crippen LogP contribution in [0, 0.1) is 0 Å². The van der Waals surface area contributed by atoms with Crippen molar-refractivity contribution in [3.05, 3.63) is 47.8 Å². The standard InChI is InChI=1S/C14H12F3N5O/c1-23-10-5-3-2-4-9(10)8-18-11-6-7-12-19-20-13(14(15,16)17)22(12)21-11/h2-7H,8H2,1H3,(H,18,21). The molecule has 23 heavy (non-hydrogen) atoms. The zero-order chi connectivity index (χ0) is 16.4. The molecule has 0 aliphatic heterocycles. The molecule has 0 aliphatic rings. The van der Waals surface area contributed by atoms with E-state index >= 15 is 0 Å². The van der Waals surface area contributed by atoms with E-state index in [0.717, 1.165) is 5.56 Å². The molecular formula is C14H12F3N5O. The number of halogens is 3. The number of ether oxygens (including phenoxy) is 1. The first-order valence-corrected chi connectivity index (χ1v) is 6.64. The summed E-state index contributed by atoms with van der Waals surface area (Å²) >= 11 is 0. The average molecular weight is 323 g/mol. The van der Waals surface area contributed by atoms with E-state index < -0.39 is 12.0 Å². The number of nitrogens with zero attached hydrogens (tertiary/aromatic N) is 4. The van der Waals surface area contributed by atoms with Crippen LogP contribution in [0.3, 0.4) is 0 Å². The molecule has 0 radical (unpaired) electrons. The molecule has 2 heterocycles. The fourth-order valence-corrected chi connectivity index (χ4v) is 2.09. The number of fused-ring (bicyclic) bond motifs is 1. The molecule has 0 amide bonds. The number of hydrogen-bond acceptors (Lipinski definition) is 5. The maximum Gasteiger partial charge on any atom is 0.453 e. The molecule has 0 fully saturated rings. The third kappa shape index (κ3) is 3.03. The minimum atomic E-state index is -4.62. The topological polar surface area (TPSA) is 64.3 Å². The van der Waals surface area contributed by atoms with Gasteiger partial charge in [-0.3, -0.25) is 0 Å². The van der Waals surface area contributed by atoms with Gasteiger partial charge in [-0.2, -0.15) is 17.7 Å². The second-order valence-electron chi connectivity index (χ2n) is 4.68. The van der Waals surface area contributed by atoms with Gasteiger partial charge >= 0.3 is 6.18 Å². The number of aromatic nitrogens is 4. The lowest BCUT2D eigenvalue weighted by Crippen LogP contribution is -2.13. The molecule has 6 nitrogen and oxygen atoms in total. The van der Waals surface area contributed by atoms with Gasteiger partial charge in [0.1, 0.15) is 11.6 Å². The van der Waals surface area contributed by atoms with Crippen LogP contribution in [0.25, 0.3) is 5.65 Å². The normalized spacial score (nSPS) is 11.7. The van der Waals surface area contributed by atoms with Crippen LogP contribution in [0.5, 0.6) is 5.75 Å². The fourth-order valence-electron chi connectivity index (χ4n) is 2.09. The van der Waals surface area contributed by atoms with E-state index in [-0.39, 0.29) is 11.5 Å². The number of nitrogens with one attached hydrogen (secondary N) is 1. The Morgan fingerprint density at radius 1 is 1.13 bits per heavy atom. The molecule has 9 heteroatoms. The Balaban J connectivity index is 1.86. The summed E-state index contributed by atoms with van der Waals surface area (Å²) < 4.78 is 44.4. The average Bonchev–Trinajstić information content (AvgIpc) is 2.96. The van der Waals surface area contributed by atoms with Crippen LogP contribution in [-0.2, 0) is 12.7 Å². The van der Waals surface area contributed by atoms with Gasteiger partial charge in [0.25, 0.3) is 5.82 Å². The van der Waals surface area contributed by atoms with Gasteiger partial charge < -0.3 is 10.1 Å². The van der Waals surface area contributed by atoms with Crippen molar-refractivity contribution in [2.75, 3.05) is 12.4 Å². The van der Waals surface area contributed by atoms with Crippen LogP contribution < -0.4 is 10.1 Å². The first-order valence-electron chi connectivity index (χ1n) is 6.64. The molecule has 0 bridgehead atoms. The van der Waals surface area contributed by atoms with Crippen molar-refractivity contribution in [3.63, 3.8) is 0 Å². The SMILES string of the molecule is COc1ccccc1CNc1ccc2nnc(C(F)(F)F)n2n1. The van der Waals surface area contributed by atoms with Crippen LogP contribution in [0.1, 0.15) is 11.4 Å². The van der Waals surface area contributed by atoms with E-state index in [1.54, 1.807) is 19.2 Å². The van der Waals surface area contributed by atoms with E-state index in [4.69, 9.17) is 4.74 Å². The molecule has 120 valence electrons. The number of alkyl halides is 3. The van der Waals surface area contributed by atoms with Crippen molar-refractivity contribution < 1.29 is 17.9 Å². The molecule has 3 aromatic rings. The molecule has 1 N–H and O–H groups in total. The first kappa shape index (κ1) is 15.1. The van der Waals surface area contributed by atoms with Crippen molar-refractivity contribution in [3.8, 4) is 5.75 Å². The van der Waals surface area contributed by atoms with Crippen LogP contribution in [-0.4, -0.2) is 26.9 Å². The third-order valence-corrected chi connectivity index (χ3v) is 3.17. The highest BCUT2D eigenvalue weighted by Crippen LogP contribution is 2.27. The Bertz CT molecular complexity index is 831. The van der Waals surface area contributed by atoms with Gasteiger partial charge in [-0.05, 0) is 18.2 Å². The van der Waals surface area contributed by atoms with Crippen LogP contribution >= 0.6 is 0 Å². The van der Waals surface area contributed by atoms with E-state index in [2.05, 4.69) is 20.6 Å². The number of methoxy groups -OCH3 is 1. The minimum absolute atomic E-state index is 0.0279. The monoisotopic (exact) mass is 323 g/mol. The van der Waals surface area contributed by atoms with Gasteiger partial charge in [0, 0.05) is 12.1 Å². The summed E-state index contributed by atoms with van der Waals surface area (Å²) in [5, 5.41) is 13.4. The first-order chi connectivity index (χ1) is 11.0. The van der Waals surface area contributed by atoms with Gasteiger partial charge in [-0.25, -0.2) is 0 Å². The molecule has 2 aromatic heterocycles. The Kier molecular flexibility index (Phi) is 3.77. The molecule has 0 aliphatic carbocycles. The summed E-state index contributed by atoms with van der Waals surface area (Å²) in [4.78, 5) is 0. The van der Waals surface area contributed by atoms with Crippen molar-refractivity contribution in [1.82, 2.24) is 19.8 Å². The summed E-state index contributed by atoms with van der Waals surface area (Å²) in [5.41, 5.74) is 0.886. The maximum absolute atomic E-state index is 12.8. The molecule has 0 atom stereocenters. The third-order valence-electron chi connectivity index (χ3n) is 3.17. The number of anilines is 1. The lowest BCUT2D eigenvalue weighted by molar-refractivity contribution is -0.146. The van der Waals surface area contributed by atoms with Gasteiger partial charge in [-0.1, -0.05) is 18.2 Å². The van der Waals surface area contributed by atoms with Crippen LogP contribution in [0.2, 0.25) is 0 Å². The van der Waals surface area contributed by atoms with Gasteiger partial charge in [0.05, 0.1) is 7.11 Å². The zero-order valence-corrected chi connectivity index (χ0v) is 12.0. The molecule has 0 unspecified atom stereocenters. The van der Waals surface area contributed by atoms with Crippen molar-refractivity contribution in [2.24, 2.45) is 0 Å². The maximum atomic E-state index is 12.8. The quantitative estimate of drug-likeness (QED) is 0.800. The number of para-hydroxylation sites is 1. The Hall–Kier alpha value is -2.84. The van der Waals surface area contributed by atoms with E-state index in [9.17, 15) is 13.2 Å². The van der Waals surface area contributed by atoms with Gasteiger partial charge in [0.15, 0.2) is 5.65 Å². The van der Waals surface area contributed by atoms with E-state index in [1.807, 2.05) is 18.2 Å².